The maximum absolute atomic E-state index is 13.0. The lowest BCUT2D eigenvalue weighted by Crippen LogP contribution is -2.67. The molecule has 1 aromatic rings. The highest BCUT2D eigenvalue weighted by Crippen LogP contribution is 2.77. The van der Waals surface area contributed by atoms with Crippen molar-refractivity contribution in [3.63, 3.8) is 0 Å². The fourth-order valence-electron chi connectivity index (χ4n) is 12.8. The quantitative estimate of drug-likeness (QED) is 0.271. The number of carbonyl (C=O) groups is 1. The number of fused-ring (bicyclic) bond motifs is 7. The number of phenolic OH excluding ortho intramolecular Hbond substituents is 1. The Balaban J connectivity index is 1.23. The molecule has 5 aliphatic carbocycles. The van der Waals surface area contributed by atoms with Crippen LogP contribution >= 0.6 is 0 Å². The summed E-state index contributed by atoms with van der Waals surface area (Å²) in [5, 5.41) is 20.9. The molecule has 4 nitrogen and oxygen atoms in total. The number of aromatic hydroxyl groups is 1. The van der Waals surface area contributed by atoms with Crippen molar-refractivity contribution >= 4 is 12.0 Å². The molecule has 238 valence electrons. The molecule has 5 fully saturated rings. The van der Waals surface area contributed by atoms with Gasteiger partial charge in [-0.05, 0) is 153 Å². The van der Waals surface area contributed by atoms with E-state index in [2.05, 4.69) is 55.4 Å². The molecule has 1 aromatic carbocycles. The van der Waals surface area contributed by atoms with E-state index in [1.165, 1.54) is 57.4 Å². The topological polar surface area (TPSA) is 66.8 Å². The van der Waals surface area contributed by atoms with E-state index in [4.69, 9.17) is 4.74 Å². The van der Waals surface area contributed by atoms with Crippen LogP contribution < -0.4 is 0 Å². The second kappa shape index (κ2) is 10.1. The standard InChI is InChI=1S/C39H58O4/c1-34(2)29-18-22-39(8)30(15-14-28-33-27(35(3,4)42)17-20-36(33,5)23-24-38(28,39)7)37(29,6)21-19-31(34)43-32(41)16-11-25-9-12-26(40)13-10-25/h9-13,16,27-31,33,40,42H,14-15,17-24H2,1-8H3. The number of carbonyl (C=O) groups excluding carboxylic acids is 1. The number of esters is 1. The predicted molar refractivity (Wildman–Crippen MR) is 173 cm³/mol. The summed E-state index contributed by atoms with van der Waals surface area (Å²) in [5.41, 5.74) is 1.38. The molecule has 2 N–H and O–H groups in total. The Labute approximate surface area is 261 Å². The van der Waals surface area contributed by atoms with Crippen LogP contribution in [0.4, 0.5) is 0 Å². The maximum atomic E-state index is 13.0. The molecule has 0 aliphatic heterocycles. The van der Waals surface area contributed by atoms with Crippen LogP contribution in [0.25, 0.3) is 6.08 Å². The molecule has 5 aliphatic rings. The second-order valence-electron chi connectivity index (χ2n) is 17.9. The molecule has 4 heteroatoms. The summed E-state index contributed by atoms with van der Waals surface area (Å²) < 4.78 is 6.22. The lowest BCUT2D eigenvalue weighted by Gasteiger charge is -2.73. The van der Waals surface area contributed by atoms with E-state index < -0.39 is 5.60 Å². The first kappa shape index (κ1) is 31.2. The first-order chi connectivity index (χ1) is 20.0. The summed E-state index contributed by atoms with van der Waals surface area (Å²) in [7, 11) is 0. The van der Waals surface area contributed by atoms with Crippen LogP contribution in [-0.4, -0.2) is 27.9 Å². The maximum Gasteiger partial charge on any atom is 0.331 e. The van der Waals surface area contributed by atoms with E-state index in [0.717, 1.165) is 18.4 Å². The highest BCUT2D eigenvalue weighted by molar-refractivity contribution is 5.87. The van der Waals surface area contributed by atoms with Gasteiger partial charge < -0.3 is 14.9 Å². The van der Waals surface area contributed by atoms with E-state index in [-0.39, 0.29) is 28.7 Å². The van der Waals surface area contributed by atoms with Crippen LogP contribution in [0.15, 0.2) is 30.3 Å². The minimum absolute atomic E-state index is 0.0831. The van der Waals surface area contributed by atoms with Gasteiger partial charge >= 0.3 is 5.97 Å². The predicted octanol–water partition coefficient (Wildman–Crippen LogP) is 9.19. The van der Waals surface area contributed by atoms with Gasteiger partial charge in [-0.1, -0.05) is 53.7 Å². The molecule has 10 unspecified atom stereocenters. The van der Waals surface area contributed by atoms with Gasteiger partial charge in [0.15, 0.2) is 0 Å². The van der Waals surface area contributed by atoms with Gasteiger partial charge in [-0.2, -0.15) is 0 Å². The van der Waals surface area contributed by atoms with E-state index in [9.17, 15) is 15.0 Å². The normalized spacial score (nSPS) is 45.5. The average Bonchev–Trinajstić information content (AvgIpc) is 3.29. The van der Waals surface area contributed by atoms with Crippen LogP contribution in [-0.2, 0) is 9.53 Å². The van der Waals surface area contributed by atoms with Crippen molar-refractivity contribution in [3.8, 4) is 5.75 Å². The molecule has 0 saturated heterocycles. The largest absolute Gasteiger partial charge is 0.508 e. The van der Waals surface area contributed by atoms with E-state index in [1.54, 1.807) is 30.3 Å². The molecule has 0 radical (unpaired) electrons. The van der Waals surface area contributed by atoms with E-state index in [0.29, 0.717) is 45.8 Å². The number of hydrogen-bond acceptors (Lipinski definition) is 4. The number of rotatable bonds is 4. The third-order valence-corrected chi connectivity index (χ3v) is 15.3. The molecule has 0 aromatic heterocycles. The Morgan fingerprint density at radius 1 is 0.837 bits per heavy atom. The van der Waals surface area contributed by atoms with Crippen molar-refractivity contribution in [2.75, 3.05) is 0 Å². The summed E-state index contributed by atoms with van der Waals surface area (Å²) in [5.74, 6) is 2.87. The zero-order valence-electron chi connectivity index (χ0n) is 28.2. The van der Waals surface area contributed by atoms with E-state index >= 15 is 0 Å². The van der Waals surface area contributed by atoms with Crippen LogP contribution in [0.3, 0.4) is 0 Å². The van der Waals surface area contributed by atoms with Gasteiger partial charge in [-0.25, -0.2) is 4.79 Å². The fraction of sp³-hybridized carbons (Fsp3) is 0.769. The summed E-state index contributed by atoms with van der Waals surface area (Å²) in [6.45, 7) is 19.4. The SMILES string of the molecule is CC(C)(O)C1CCC2(C)CCC3(C)C(CCC4C5(C)CCC(OC(=O)C=Cc6ccc(O)cc6)C(C)(C)C5CCC43C)C12. The van der Waals surface area contributed by atoms with Crippen molar-refractivity contribution in [1.82, 2.24) is 0 Å². The Morgan fingerprint density at radius 2 is 1.53 bits per heavy atom. The zero-order valence-corrected chi connectivity index (χ0v) is 28.2. The van der Waals surface area contributed by atoms with Gasteiger partial charge in [-0.3, -0.25) is 0 Å². The van der Waals surface area contributed by atoms with Gasteiger partial charge in [-0.15, -0.1) is 0 Å². The van der Waals surface area contributed by atoms with Crippen molar-refractivity contribution < 1.29 is 19.7 Å². The van der Waals surface area contributed by atoms with Crippen molar-refractivity contribution in [2.24, 2.45) is 56.7 Å². The molecular formula is C39H58O4. The second-order valence-corrected chi connectivity index (χ2v) is 17.9. The molecule has 0 spiro atoms. The third kappa shape index (κ3) is 4.66. The van der Waals surface area contributed by atoms with Crippen molar-refractivity contribution in [1.29, 1.82) is 0 Å². The lowest BCUT2D eigenvalue weighted by atomic mass is 9.32. The number of benzene rings is 1. The number of hydrogen-bond donors (Lipinski definition) is 2. The van der Waals surface area contributed by atoms with E-state index in [1.807, 2.05) is 0 Å². The monoisotopic (exact) mass is 590 g/mol. The van der Waals surface area contributed by atoms with Crippen LogP contribution in [0.1, 0.15) is 125 Å². The minimum atomic E-state index is -0.610. The van der Waals surface area contributed by atoms with Crippen LogP contribution in [0, 0.1) is 56.7 Å². The number of ether oxygens (including phenoxy) is 1. The van der Waals surface area contributed by atoms with Gasteiger partial charge in [0.2, 0.25) is 0 Å². The third-order valence-electron chi connectivity index (χ3n) is 15.3. The molecule has 0 bridgehead atoms. The van der Waals surface area contributed by atoms with Crippen LogP contribution in [0.5, 0.6) is 5.75 Å². The van der Waals surface area contributed by atoms with Gasteiger partial charge in [0.05, 0.1) is 5.60 Å². The highest BCUT2D eigenvalue weighted by atomic mass is 16.5. The van der Waals surface area contributed by atoms with Crippen LogP contribution in [0.2, 0.25) is 0 Å². The van der Waals surface area contributed by atoms with Crippen molar-refractivity contribution in [3.05, 3.63) is 35.9 Å². The first-order valence-corrected chi connectivity index (χ1v) is 17.4. The summed E-state index contributed by atoms with van der Waals surface area (Å²) in [6.07, 6.45) is 15.4. The molecule has 0 heterocycles. The summed E-state index contributed by atoms with van der Waals surface area (Å²) >= 11 is 0. The molecule has 0 amide bonds. The summed E-state index contributed by atoms with van der Waals surface area (Å²) in [6, 6.07) is 6.86. The lowest BCUT2D eigenvalue weighted by molar-refractivity contribution is -0.252. The van der Waals surface area contributed by atoms with Gasteiger partial charge in [0.1, 0.15) is 11.9 Å². The smallest absolute Gasteiger partial charge is 0.331 e. The highest BCUT2D eigenvalue weighted by Gasteiger charge is 2.71. The van der Waals surface area contributed by atoms with Crippen molar-refractivity contribution in [2.45, 2.75) is 131 Å². The van der Waals surface area contributed by atoms with Gasteiger partial charge in [0, 0.05) is 11.5 Å². The minimum Gasteiger partial charge on any atom is -0.508 e. The molecule has 10 atom stereocenters. The first-order valence-electron chi connectivity index (χ1n) is 17.4. The Kier molecular flexibility index (Phi) is 7.32. The Hall–Kier alpha value is -1.81. The number of phenols is 1. The zero-order chi connectivity index (χ0) is 31.2. The fourth-order valence-corrected chi connectivity index (χ4v) is 12.8. The Bertz CT molecular complexity index is 1260. The van der Waals surface area contributed by atoms with Gasteiger partial charge in [0.25, 0.3) is 0 Å². The molecule has 6 rings (SSSR count). The molecular weight excluding hydrogens is 532 g/mol. The average molecular weight is 591 g/mol. The number of aliphatic hydroxyl groups is 1. The molecule has 43 heavy (non-hydrogen) atoms. The summed E-state index contributed by atoms with van der Waals surface area (Å²) in [4.78, 5) is 13.0. The Morgan fingerprint density at radius 3 is 2.21 bits per heavy atom. The molecule has 5 saturated carbocycles.